The maximum atomic E-state index is 13.9. The molecule has 11 heteroatoms. The maximum Gasteiger partial charge on any atom is 0.271 e. The second-order valence-electron chi connectivity index (χ2n) is 7.49. The summed E-state index contributed by atoms with van der Waals surface area (Å²) in [6.45, 7) is 3.04. The second kappa shape index (κ2) is 9.27. The van der Waals surface area contributed by atoms with Gasteiger partial charge in [0.2, 0.25) is 0 Å². The van der Waals surface area contributed by atoms with Gasteiger partial charge in [0.15, 0.2) is 11.5 Å². The quantitative estimate of drug-likeness (QED) is 0.522. The van der Waals surface area contributed by atoms with Gasteiger partial charge in [-0.15, -0.1) is 0 Å². The Morgan fingerprint density at radius 2 is 2.12 bits per heavy atom. The molecule has 3 heterocycles. The summed E-state index contributed by atoms with van der Waals surface area (Å²) in [6, 6.07) is 7.53. The molecule has 1 atom stereocenters. The summed E-state index contributed by atoms with van der Waals surface area (Å²) in [5.74, 6) is -0.908. The van der Waals surface area contributed by atoms with Crippen molar-refractivity contribution in [3.63, 3.8) is 0 Å². The zero-order valence-corrected chi connectivity index (χ0v) is 18.2. The largest absolute Gasteiger partial charge is 0.364 e. The van der Waals surface area contributed by atoms with Crippen molar-refractivity contribution in [2.24, 2.45) is 5.73 Å². The number of piperidine rings is 1. The Kier molecular flexibility index (Phi) is 6.26. The van der Waals surface area contributed by atoms with Gasteiger partial charge >= 0.3 is 0 Å². The number of hydrogen-bond acceptors (Lipinski definition) is 8. The Balaban J connectivity index is 1.51. The number of hydrogen-bond donors (Lipinski definition) is 3. The minimum absolute atomic E-state index is 0.0153. The van der Waals surface area contributed by atoms with E-state index < -0.39 is 17.6 Å². The minimum atomic E-state index is -0.693. The van der Waals surface area contributed by atoms with Crippen LogP contribution < -0.4 is 21.3 Å². The van der Waals surface area contributed by atoms with E-state index in [9.17, 15) is 14.0 Å². The molecule has 1 aliphatic heterocycles. The first-order valence-corrected chi connectivity index (χ1v) is 10.9. The zero-order chi connectivity index (χ0) is 22.7. The maximum absolute atomic E-state index is 13.9. The summed E-state index contributed by atoms with van der Waals surface area (Å²) in [7, 11) is 0. The lowest BCUT2D eigenvalue weighted by molar-refractivity contribution is 0.0927. The third-order valence-electron chi connectivity index (χ3n) is 5.06. The van der Waals surface area contributed by atoms with Crippen LogP contribution in [0.2, 0.25) is 0 Å². The van der Waals surface area contributed by atoms with Crippen molar-refractivity contribution in [3.8, 4) is 0 Å². The molecule has 0 spiro atoms. The molecular weight excluding hydrogens is 433 g/mol. The number of primary amides is 1. The number of rotatable bonds is 6. The summed E-state index contributed by atoms with van der Waals surface area (Å²) >= 11 is 1.24. The molecule has 1 aliphatic rings. The van der Waals surface area contributed by atoms with Gasteiger partial charge in [-0.3, -0.25) is 9.59 Å². The van der Waals surface area contributed by atoms with Crippen LogP contribution in [0.25, 0.3) is 0 Å². The summed E-state index contributed by atoms with van der Waals surface area (Å²) in [4.78, 5) is 35.1. The van der Waals surface area contributed by atoms with Gasteiger partial charge < -0.3 is 21.3 Å². The average Bonchev–Trinajstić information content (AvgIpc) is 3.18. The molecule has 3 aromatic rings. The molecule has 1 saturated heterocycles. The zero-order valence-electron chi connectivity index (χ0n) is 17.3. The Morgan fingerprint density at radius 3 is 2.84 bits per heavy atom. The summed E-state index contributed by atoms with van der Waals surface area (Å²) in [6.07, 6.45) is 3.05. The third-order valence-corrected chi connectivity index (χ3v) is 5.86. The van der Waals surface area contributed by atoms with Crippen molar-refractivity contribution >= 4 is 40.0 Å². The summed E-state index contributed by atoms with van der Waals surface area (Å²) in [5, 5.41) is 6.68. The Morgan fingerprint density at radius 1 is 1.31 bits per heavy atom. The minimum Gasteiger partial charge on any atom is -0.364 e. The molecule has 1 aromatic carbocycles. The summed E-state index contributed by atoms with van der Waals surface area (Å²) in [5.41, 5.74) is 6.34. The molecule has 0 bridgehead atoms. The summed E-state index contributed by atoms with van der Waals surface area (Å²) < 4.78 is 18.1. The highest BCUT2D eigenvalue weighted by Crippen LogP contribution is 2.25. The van der Waals surface area contributed by atoms with Crippen LogP contribution in [-0.4, -0.2) is 45.3 Å². The van der Waals surface area contributed by atoms with Crippen LogP contribution in [-0.2, 0) is 0 Å². The van der Waals surface area contributed by atoms with Crippen LogP contribution in [0.5, 0.6) is 0 Å². The molecule has 0 saturated carbocycles. The number of nitrogens with zero attached hydrogens (tertiary/aromatic N) is 4. The van der Waals surface area contributed by atoms with Crippen LogP contribution in [0, 0.1) is 12.7 Å². The number of benzene rings is 1. The first-order valence-electron chi connectivity index (χ1n) is 10.1. The fourth-order valence-corrected chi connectivity index (χ4v) is 4.21. The normalized spacial score (nSPS) is 15.9. The Hall–Kier alpha value is -3.60. The van der Waals surface area contributed by atoms with Crippen molar-refractivity contribution in [3.05, 3.63) is 59.3 Å². The van der Waals surface area contributed by atoms with E-state index in [0.717, 1.165) is 18.5 Å². The molecule has 166 valence electrons. The van der Waals surface area contributed by atoms with Gasteiger partial charge in [0.1, 0.15) is 16.6 Å². The number of halogens is 1. The third kappa shape index (κ3) is 4.83. The van der Waals surface area contributed by atoms with E-state index in [2.05, 4.69) is 25.0 Å². The number of amides is 2. The standard InChI is InChI=1S/C21H22FN7O2S/c1-12-9-17(32-28-12)27-20-18(19(23)30)24-10-16(26-20)29-8-4-5-13(11-29)25-21(31)14-6-2-3-7-15(14)22/h2-3,6-7,9-10,13H,4-5,8,11H2,1H3,(H2,23,30)(H,25,31)(H,26,27)/t13-/m1/s1. The van der Waals surface area contributed by atoms with Crippen LogP contribution in [0.4, 0.5) is 21.0 Å². The molecule has 4 N–H and O–H groups in total. The first kappa shape index (κ1) is 21.6. The van der Waals surface area contributed by atoms with Crippen molar-refractivity contribution < 1.29 is 14.0 Å². The number of aryl methyl sites for hydroxylation is 1. The van der Waals surface area contributed by atoms with E-state index in [1.165, 1.54) is 29.9 Å². The highest BCUT2D eigenvalue weighted by atomic mass is 32.1. The van der Waals surface area contributed by atoms with Gasteiger partial charge in [-0.05, 0) is 49.5 Å². The predicted octanol–water partition coefficient (Wildman–Crippen LogP) is 2.62. The number of nitrogens with two attached hydrogens (primary N) is 1. The van der Waals surface area contributed by atoms with E-state index in [4.69, 9.17) is 5.73 Å². The molecule has 0 aliphatic carbocycles. The van der Waals surface area contributed by atoms with Crippen molar-refractivity contribution in [1.29, 1.82) is 0 Å². The average molecular weight is 456 g/mol. The first-order chi connectivity index (χ1) is 15.4. The van der Waals surface area contributed by atoms with E-state index in [0.29, 0.717) is 23.9 Å². The molecule has 0 radical (unpaired) electrons. The monoisotopic (exact) mass is 455 g/mol. The molecule has 32 heavy (non-hydrogen) atoms. The number of anilines is 3. The number of carbonyl (C=O) groups excluding carboxylic acids is 2. The lowest BCUT2D eigenvalue weighted by Crippen LogP contribution is -2.48. The van der Waals surface area contributed by atoms with Gasteiger partial charge in [0.05, 0.1) is 17.5 Å². The molecule has 4 rings (SSSR count). The highest BCUT2D eigenvalue weighted by molar-refractivity contribution is 7.10. The van der Waals surface area contributed by atoms with Crippen LogP contribution in [0.15, 0.2) is 36.5 Å². The van der Waals surface area contributed by atoms with Crippen LogP contribution in [0.1, 0.15) is 39.4 Å². The molecule has 2 aromatic heterocycles. The number of nitrogens with one attached hydrogen (secondary N) is 2. The lowest BCUT2D eigenvalue weighted by atomic mass is 10.0. The van der Waals surface area contributed by atoms with Crippen LogP contribution in [0.3, 0.4) is 0 Å². The van der Waals surface area contributed by atoms with E-state index in [-0.39, 0.29) is 23.1 Å². The van der Waals surface area contributed by atoms with Gasteiger partial charge in [0, 0.05) is 19.1 Å². The van der Waals surface area contributed by atoms with Gasteiger partial charge in [-0.1, -0.05) is 12.1 Å². The van der Waals surface area contributed by atoms with Gasteiger partial charge in [-0.2, -0.15) is 4.37 Å². The Bertz CT molecular complexity index is 1150. The van der Waals surface area contributed by atoms with Gasteiger partial charge in [-0.25, -0.2) is 14.4 Å². The van der Waals surface area contributed by atoms with Crippen molar-refractivity contribution in [1.82, 2.24) is 19.7 Å². The Labute approximate surface area is 188 Å². The van der Waals surface area contributed by atoms with E-state index in [1.807, 2.05) is 17.9 Å². The van der Waals surface area contributed by atoms with Crippen molar-refractivity contribution in [2.45, 2.75) is 25.8 Å². The highest BCUT2D eigenvalue weighted by Gasteiger charge is 2.25. The van der Waals surface area contributed by atoms with Crippen molar-refractivity contribution in [2.75, 3.05) is 23.3 Å². The fraction of sp³-hybridized carbons (Fsp3) is 0.286. The number of carbonyl (C=O) groups is 2. The molecule has 0 unspecified atom stereocenters. The smallest absolute Gasteiger partial charge is 0.271 e. The predicted molar refractivity (Wildman–Crippen MR) is 120 cm³/mol. The van der Waals surface area contributed by atoms with E-state index >= 15 is 0 Å². The molecule has 1 fully saturated rings. The lowest BCUT2D eigenvalue weighted by Gasteiger charge is -2.34. The topological polar surface area (TPSA) is 126 Å². The SMILES string of the molecule is Cc1cc(Nc2nc(N3CCC[C@@H](NC(=O)c4ccccc4F)C3)cnc2C(N)=O)sn1. The second-order valence-corrected chi connectivity index (χ2v) is 8.29. The molecular formula is C21H22FN7O2S. The van der Waals surface area contributed by atoms with Crippen LogP contribution >= 0.6 is 11.5 Å². The van der Waals surface area contributed by atoms with Gasteiger partial charge in [0.25, 0.3) is 11.8 Å². The molecule has 9 nitrogen and oxygen atoms in total. The van der Waals surface area contributed by atoms with E-state index in [1.54, 1.807) is 12.1 Å². The molecule has 2 amide bonds. The fourth-order valence-electron chi connectivity index (χ4n) is 3.55. The number of aromatic nitrogens is 3.